The first-order valence-electron chi connectivity index (χ1n) is 17.8. The third-order valence-electron chi connectivity index (χ3n) is 10.9. The van der Waals surface area contributed by atoms with E-state index in [0.717, 1.165) is 0 Å². The van der Waals surface area contributed by atoms with Crippen molar-refractivity contribution in [1.82, 2.24) is 0 Å². The zero-order valence-corrected chi connectivity index (χ0v) is 29.8. The third-order valence-corrected chi connectivity index (χ3v) is 13.2. The van der Waals surface area contributed by atoms with Crippen LogP contribution in [-0.4, -0.2) is 0 Å². The first-order valence-corrected chi connectivity index (χ1v) is 19.4. The van der Waals surface area contributed by atoms with Crippen molar-refractivity contribution in [2.75, 3.05) is 4.90 Å². The van der Waals surface area contributed by atoms with Gasteiger partial charge in [-0.1, -0.05) is 146 Å². The molecule has 2 heterocycles. The van der Waals surface area contributed by atoms with E-state index < -0.39 is 5.41 Å². The van der Waals surface area contributed by atoms with E-state index in [1.807, 2.05) is 22.7 Å². The maximum absolute atomic E-state index is 2.59. The molecule has 1 aliphatic rings. The fourth-order valence-electron chi connectivity index (χ4n) is 8.93. The molecule has 0 amide bonds. The van der Waals surface area contributed by atoms with Crippen LogP contribution in [0, 0.1) is 0 Å². The predicted molar refractivity (Wildman–Crippen MR) is 224 cm³/mol. The van der Waals surface area contributed by atoms with E-state index in [1.165, 1.54) is 90.8 Å². The number of nitrogens with zero attached hydrogens (tertiary/aromatic N) is 1. The lowest BCUT2D eigenvalue weighted by atomic mass is 9.68. The fraction of sp³-hybridized carbons (Fsp3) is 0.0204. The molecule has 3 heteroatoms. The van der Waals surface area contributed by atoms with Gasteiger partial charge in [0.2, 0.25) is 0 Å². The van der Waals surface area contributed by atoms with Gasteiger partial charge in [0, 0.05) is 45.9 Å². The summed E-state index contributed by atoms with van der Waals surface area (Å²) in [6.45, 7) is 0. The van der Waals surface area contributed by atoms with Gasteiger partial charge in [0.1, 0.15) is 0 Å². The molecule has 1 aliphatic carbocycles. The molecule has 0 aliphatic heterocycles. The molecule has 10 aromatic rings. The van der Waals surface area contributed by atoms with Gasteiger partial charge >= 0.3 is 0 Å². The Kier molecular flexibility index (Phi) is 6.57. The Labute approximate surface area is 310 Å². The van der Waals surface area contributed by atoms with Crippen LogP contribution in [0.15, 0.2) is 188 Å². The minimum atomic E-state index is -0.488. The van der Waals surface area contributed by atoms with E-state index >= 15 is 0 Å². The molecule has 52 heavy (non-hydrogen) atoms. The Morgan fingerprint density at radius 3 is 1.38 bits per heavy atom. The zero-order valence-electron chi connectivity index (χ0n) is 28.2. The van der Waals surface area contributed by atoms with E-state index in [9.17, 15) is 0 Å². The number of rotatable bonds is 5. The number of thiophene rings is 2. The van der Waals surface area contributed by atoms with Gasteiger partial charge in [-0.05, 0) is 70.3 Å². The summed E-state index contributed by atoms with van der Waals surface area (Å²) < 4.78 is 5.20. The number of fused-ring (bicyclic) bond motifs is 9. The first kappa shape index (κ1) is 29.7. The van der Waals surface area contributed by atoms with Crippen molar-refractivity contribution < 1.29 is 0 Å². The normalized spacial score (nSPS) is 13.2. The third kappa shape index (κ3) is 4.09. The summed E-state index contributed by atoms with van der Waals surface area (Å²) in [5.41, 5.74) is 10.8. The molecule has 0 atom stereocenters. The molecule has 11 rings (SSSR count). The van der Waals surface area contributed by atoms with Crippen molar-refractivity contribution >= 4 is 80.1 Å². The van der Waals surface area contributed by atoms with E-state index in [4.69, 9.17) is 0 Å². The minimum absolute atomic E-state index is 0.488. The Bertz CT molecular complexity index is 2820. The number of benzene rings is 8. The van der Waals surface area contributed by atoms with Crippen molar-refractivity contribution in [3.8, 4) is 11.1 Å². The van der Waals surface area contributed by atoms with Crippen molar-refractivity contribution in [2.24, 2.45) is 0 Å². The fourth-order valence-corrected chi connectivity index (χ4v) is 11.2. The molecular formula is C49H31NS2. The quantitative estimate of drug-likeness (QED) is 0.173. The molecule has 2 aromatic heterocycles. The average Bonchev–Trinajstić information content (AvgIpc) is 3.88. The van der Waals surface area contributed by atoms with Crippen LogP contribution in [0.3, 0.4) is 0 Å². The Morgan fingerprint density at radius 1 is 0.346 bits per heavy atom. The van der Waals surface area contributed by atoms with Gasteiger partial charge in [-0.2, -0.15) is 0 Å². The lowest BCUT2D eigenvalue weighted by Crippen LogP contribution is -2.28. The highest BCUT2D eigenvalue weighted by molar-refractivity contribution is 7.26. The molecule has 0 unspecified atom stereocenters. The first-order chi connectivity index (χ1) is 25.8. The summed E-state index contributed by atoms with van der Waals surface area (Å²) in [4.78, 5) is 2.59. The van der Waals surface area contributed by atoms with Gasteiger partial charge in [-0.3, -0.25) is 0 Å². The summed E-state index contributed by atoms with van der Waals surface area (Å²) >= 11 is 3.75. The predicted octanol–water partition coefficient (Wildman–Crippen LogP) is 14.3. The molecule has 0 saturated heterocycles. The Balaban J connectivity index is 1.31. The van der Waals surface area contributed by atoms with Crippen molar-refractivity contribution in [1.29, 1.82) is 0 Å². The van der Waals surface area contributed by atoms with Crippen LogP contribution in [0.1, 0.15) is 22.3 Å². The number of anilines is 3. The van der Waals surface area contributed by atoms with Crippen molar-refractivity contribution in [3.63, 3.8) is 0 Å². The highest BCUT2D eigenvalue weighted by Gasteiger charge is 2.47. The largest absolute Gasteiger partial charge is 0.309 e. The molecule has 8 aromatic carbocycles. The summed E-state index contributed by atoms with van der Waals surface area (Å²) in [7, 11) is 0. The number of hydrogen-bond donors (Lipinski definition) is 0. The van der Waals surface area contributed by atoms with E-state index in [-0.39, 0.29) is 0 Å². The molecule has 0 bridgehead atoms. The van der Waals surface area contributed by atoms with E-state index in [2.05, 4.69) is 193 Å². The minimum Gasteiger partial charge on any atom is -0.309 e. The highest BCUT2D eigenvalue weighted by Crippen LogP contribution is 2.60. The topological polar surface area (TPSA) is 3.24 Å². The second kappa shape index (κ2) is 11.5. The lowest BCUT2D eigenvalue weighted by Gasteiger charge is -2.34. The monoisotopic (exact) mass is 697 g/mol. The molecule has 0 saturated carbocycles. The lowest BCUT2D eigenvalue weighted by molar-refractivity contribution is 0.768. The van der Waals surface area contributed by atoms with Crippen LogP contribution in [0.2, 0.25) is 0 Å². The van der Waals surface area contributed by atoms with Gasteiger partial charge in [0.15, 0.2) is 0 Å². The van der Waals surface area contributed by atoms with Gasteiger partial charge in [0.05, 0.1) is 22.5 Å². The summed E-state index contributed by atoms with van der Waals surface area (Å²) in [6.07, 6.45) is 0. The van der Waals surface area contributed by atoms with Crippen LogP contribution >= 0.6 is 22.7 Å². The van der Waals surface area contributed by atoms with Crippen molar-refractivity contribution in [3.05, 3.63) is 210 Å². The Morgan fingerprint density at radius 2 is 0.788 bits per heavy atom. The molecule has 244 valence electrons. The molecule has 1 nitrogen and oxygen atoms in total. The maximum atomic E-state index is 2.59. The van der Waals surface area contributed by atoms with E-state index in [0.29, 0.717) is 0 Å². The summed E-state index contributed by atoms with van der Waals surface area (Å²) in [5.74, 6) is 0. The van der Waals surface area contributed by atoms with Gasteiger partial charge in [-0.15, -0.1) is 22.7 Å². The van der Waals surface area contributed by atoms with Crippen LogP contribution in [-0.2, 0) is 5.41 Å². The summed E-state index contributed by atoms with van der Waals surface area (Å²) in [5, 5.41) is 5.17. The Hall–Kier alpha value is -6.00. The molecular weight excluding hydrogens is 667 g/mol. The van der Waals surface area contributed by atoms with Crippen LogP contribution in [0.4, 0.5) is 17.1 Å². The van der Waals surface area contributed by atoms with Gasteiger partial charge in [0.25, 0.3) is 0 Å². The molecule has 0 N–H and O–H groups in total. The molecule has 0 fully saturated rings. The average molecular weight is 698 g/mol. The van der Waals surface area contributed by atoms with Crippen LogP contribution < -0.4 is 4.90 Å². The molecule has 0 spiro atoms. The standard InChI is InChI=1S/C49H31NS2/c1-3-16-32(17-4-1)49(33-18-5-2-6-19-33)37-23-10-7-20-34(37)46-38(49)24-13-25-39(46)50(40-26-14-30-44-47(40)35-21-8-11-28-42(35)51-44)41-27-15-31-45-48(41)36-22-9-12-29-43(36)52-45/h1-31H. The van der Waals surface area contributed by atoms with Gasteiger partial charge < -0.3 is 4.90 Å². The smallest absolute Gasteiger partial charge is 0.0714 e. The maximum Gasteiger partial charge on any atom is 0.0714 e. The molecule has 0 radical (unpaired) electrons. The zero-order chi connectivity index (χ0) is 34.2. The highest BCUT2D eigenvalue weighted by atomic mass is 32.1. The second-order valence-electron chi connectivity index (χ2n) is 13.6. The van der Waals surface area contributed by atoms with Crippen LogP contribution in [0.5, 0.6) is 0 Å². The SMILES string of the molecule is c1ccc(C2(c3ccccc3)c3ccccc3-c3c(N(c4cccc5sc6ccccc6c45)c4cccc5sc6ccccc6c45)cccc32)cc1. The van der Waals surface area contributed by atoms with E-state index in [1.54, 1.807) is 0 Å². The summed E-state index contributed by atoms with van der Waals surface area (Å²) in [6, 6.07) is 69.7. The van der Waals surface area contributed by atoms with Gasteiger partial charge in [-0.25, -0.2) is 0 Å². The number of hydrogen-bond acceptors (Lipinski definition) is 3. The van der Waals surface area contributed by atoms with Crippen LogP contribution in [0.25, 0.3) is 51.5 Å². The second-order valence-corrected chi connectivity index (χ2v) is 15.7. The van der Waals surface area contributed by atoms with Crippen molar-refractivity contribution in [2.45, 2.75) is 5.41 Å².